The van der Waals surface area contributed by atoms with Crippen LogP contribution in [0, 0.1) is 0 Å². The number of pyridine rings is 2. The van der Waals surface area contributed by atoms with E-state index in [0.717, 1.165) is 11.8 Å². The molecule has 9 heteroatoms. The molecule has 0 bridgehead atoms. The second-order valence-corrected chi connectivity index (χ2v) is 8.35. The number of rotatable bonds is 5. The molecule has 8 nitrogen and oxygen atoms in total. The molecule has 29 heavy (non-hydrogen) atoms. The van der Waals surface area contributed by atoms with Gasteiger partial charge in [0.1, 0.15) is 17.0 Å². The van der Waals surface area contributed by atoms with Crippen molar-refractivity contribution in [1.29, 1.82) is 0 Å². The normalized spacial score (nSPS) is 11.5. The van der Waals surface area contributed by atoms with Crippen molar-refractivity contribution in [1.82, 2.24) is 14.5 Å². The van der Waals surface area contributed by atoms with Crippen LogP contribution in [-0.4, -0.2) is 29.2 Å². The summed E-state index contributed by atoms with van der Waals surface area (Å²) in [5, 5.41) is 0.709. The Kier molecular flexibility index (Phi) is 4.59. The van der Waals surface area contributed by atoms with E-state index in [0.29, 0.717) is 33.7 Å². The standard InChI is InChI=1S/C20H18N4O4S/c1-24-12-17(15-7-9-22-19(15)20(24)25)16-10-13(23-29(2,26)27)5-6-18(16)28-14-4-3-8-21-11-14/h3-12,22-23H,1-2H3. The smallest absolute Gasteiger partial charge is 0.274 e. The van der Waals surface area contributed by atoms with E-state index in [1.165, 1.54) is 4.57 Å². The number of anilines is 1. The highest BCUT2D eigenvalue weighted by Gasteiger charge is 2.16. The first kappa shape index (κ1) is 18.8. The lowest BCUT2D eigenvalue weighted by Gasteiger charge is -2.15. The van der Waals surface area contributed by atoms with Crippen molar-refractivity contribution in [2.45, 2.75) is 0 Å². The van der Waals surface area contributed by atoms with Gasteiger partial charge in [0.05, 0.1) is 12.5 Å². The van der Waals surface area contributed by atoms with Crippen LogP contribution in [0.15, 0.2) is 66.0 Å². The van der Waals surface area contributed by atoms with E-state index in [9.17, 15) is 13.2 Å². The van der Waals surface area contributed by atoms with Crippen LogP contribution in [-0.2, 0) is 17.1 Å². The Morgan fingerprint density at radius 2 is 2.00 bits per heavy atom. The Balaban J connectivity index is 1.94. The zero-order valence-corrected chi connectivity index (χ0v) is 16.5. The van der Waals surface area contributed by atoms with E-state index in [4.69, 9.17) is 4.74 Å². The molecule has 0 fully saturated rings. The zero-order valence-electron chi connectivity index (χ0n) is 15.7. The SMILES string of the molecule is Cn1cc(-c2cc(NS(C)(=O)=O)ccc2Oc2cccnc2)c2cc[nH]c2c1=O. The van der Waals surface area contributed by atoms with Gasteiger partial charge >= 0.3 is 0 Å². The third-order valence-electron chi connectivity index (χ3n) is 4.33. The number of nitrogens with one attached hydrogen (secondary N) is 2. The number of fused-ring (bicyclic) bond motifs is 1. The van der Waals surface area contributed by atoms with Crippen LogP contribution in [0.5, 0.6) is 11.5 Å². The summed E-state index contributed by atoms with van der Waals surface area (Å²) in [6.07, 6.45) is 7.70. The van der Waals surface area contributed by atoms with E-state index >= 15 is 0 Å². The lowest BCUT2D eigenvalue weighted by molar-refractivity contribution is 0.482. The maximum Gasteiger partial charge on any atom is 0.274 e. The lowest BCUT2D eigenvalue weighted by Crippen LogP contribution is -2.16. The predicted molar refractivity (Wildman–Crippen MR) is 112 cm³/mol. The summed E-state index contributed by atoms with van der Waals surface area (Å²) in [5.41, 5.74) is 2.04. The summed E-state index contributed by atoms with van der Waals surface area (Å²) in [7, 11) is -1.80. The topological polar surface area (TPSA) is 106 Å². The van der Waals surface area contributed by atoms with Crippen molar-refractivity contribution in [3.05, 3.63) is 71.5 Å². The number of H-pyrrole nitrogens is 1. The Morgan fingerprint density at radius 3 is 2.72 bits per heavy atom. The third kappa shape index (κ3) is 3.85. The quantitative estimate of drug-likeness (QED) is 0.526. The first-order valence-electron chi connectivity index (χ1n) is 8.68. The van der Waals surface area contributed by atoms with E-state index in [2.05, 4.69) is 14.7 Å². The predicted octanol–water partition coefficient (Wildman–Crippen LogP) is 3.09. The number of aromatic amines is 1. The van der Waals surface area contributed by atoms with E-state index < -0.39 is 10.0 Å². The Hall–Kier alpha value is -3.59. The summed E-state index contributed by atoms with van der Waals surface area (Å²) in [6, 6.07) is 10.3. The fourth-order valence-electron chi connectivity index (χ4n) is 3.13. The second-order valence-electron chi connectivity index (χ2n) is 6.60. The minimum absolute atomic E-state index is 0.158. The minimum atomic E-state index is -3.46. The van der Waals surface area contributed by atoms with Gasteiger partial charge in [-0.05, 0) is 36.4 Å². The zero-order chi connectivity index (χ0) is 20.6. The summed E-state index contributed by atoms with van der Waals surface area (Å²) in [4.78, 5) is 19.4. The Labute approximate surface area is 166 Å². The molecule has 0 aliphatic heterocycles. The molecule has 0 amide bonds. The van der Waals surface area contributed by atoms with Crippen molar-refractivity contribution in [2.24, 2.45) is 7.05 Å². The number of aryl methyl sites for hydroxylation is 1. The van der Waals surface area contributed by atoms with E-state index in [1.807, 2.05) is 0 Å². The molecule has 0 aliphatic carbocycles. The molecular formula is C20H18N4O4S. The van der Waals surface area contributed by atoms with Crippen LogP contribution in [0.25, 0.3) is 22.0 Å². The molecule has 1 aromatic carbocycles. The Morgan fingerprint density at radius 1 is 1.17 bits per heavy atom. The maximum atomic E-state index is 12.4. The molecule has 0 atom stereocenters. The number of hydrogen-bond acceptors (Lipinski definition) is 5. The third-order valence-corrected chi connectivity index (χ3v) is 4.94. The van der Waals surface area contributed by atoms with Gasteiger partial charge in [0.25, 0.3) is 5.56 Å². The lowest BCUT2D eigenvalue weighted by atomic mass is 10.0. The van der Waals surface area contributed by atoms with E-state index in [1.54, 1.807) is 68.2 Å². The van der Waals surface area contributed by atoms with Crippen molar-refractivity contribution in [3.8, 4) is 22.6 Å². The van der Waals surface area contributed by atoms with Crippen molar-refractivity contribution in [3.63, 3.8) is 0 Å². The highest BCUT2D eigenvalue weighted by atomic mass is 32.2. The molecule has 0 spiro atoms. The molecule has 3 heterocycles. The fraction of sp³-hybridized carbons (Fsp3) is 0.100. The van der Waals surface area contributed by atoms with Crippen LogP contribution < -0.4 is 15.0 Å². The Bertz CT molecular complexity index is 1360. The molecule has 4 aromatic rings. The highest BCUT2D eigenvalue weighted by molar-refractivity contribution is 7.92. The first-order chi connectivity index (χ1) is 13.8. The largest absolute Gasteiger partial charge is 0.455 e. The number of aromatic nitrogens is 3. The number of ether oxygens (including phenoxy) is 1. The van der Waals surface area contributed by atoms with Crippen molar-refractivity contribution >= 4 is 26.6 Å². The van der Waals surface area contributed by atoms with Gasteiger partial charge in [0.15, 0.2) is 0 Å². The van der Waals surface area contributed by atoms with Gasteiger partial charge in [0, 0.05) is 47.8 Å². The first-order valence-corrected chi connectivity index (χ1v) is 10.6. The molecule has 0 aliphatic rings. The van der Waals surface area contributed by atoms with Crippen LogP contribution >= 0.6 is 0 Å². The summed E-state index contributed by atoms with van der Waals surface area (Å²) < 4.78 is 33.3. The molecule has 4 rings (SSSR count). The van der Waals surface area contributed by atoms with Crippen LogP contribution in [0.4, 0.5) is 5.69 Å². The molecule has 0 unspecified atom stereocenters. The van der Waals surface area contributed by atoms with E-state index in [-0.39, 0.29) is 5.56 Å². The van der Waals surface area contributed by atoms with Gasteiger partial charge in [-0.25, -0.2) is 8.42 Å². The molecular weight excluding hydrogens is 392 g/mol. The number of hydrogen-bond donors (Lipinski definition) is 2. The van der Waals surface area contributed by atoms with Gasteiger partial charge in [0.2, 0.25) is 10.0 Å². The maximum absolute atomic E-state index is 12.4. The molecule has 0 saturated heterocycles. The molecule has 3 aromatic heterocycles. The summed E-state index contributed by atoms with van der Waals surface area (Å²) in [6.45, 7) is 0. The number of benzene rings is 1. The van der Waals surface area contributed by atoms with Gasteiger partial charge in [-0.3, -0.25) is 14.5 Å². The molecule has 2 N–H and O–H groups in total. The summed E-state index contributed by atoms with van der Waals surface area (Å²) in [5.74, 6) is 1.03. The van der Waals surface area contributed by atoms with Gasteiger partial charge in [-0.1, -0.05) is 0 Å². The second kappa shape index (κ2) is 7.10. The van der Waals surface area contributed by atoms with Crippen LogP contribution in [0.3, 0.4) is 0 Å². The molecule has 0 saturated carbocycles. The molecule has 148 valence electrons. The van der Waals surface area contributed by atoms with Crippen LogP contribution in [0.1, 0.15) is 0 Å². The highest BCUT2D eigenvalue weighted by Crippen LogP contribution is 2.38. The number of nitrogens with zero attached hydrogens (tertiary/aromatic N) is 2. The van der Waals surface area contributed by atoms with Gasteiger partial charge < -0.3 is 14.3 Å². The monoisotopic (exact) mass is 410 g/mol. The van der Waals surface area contributed by atoms with Crippen molar-refractivity contribution < 1.29 is 13.2 Å². The fourth-order valence-corrected chi connectivity index (χ4v) is 3.68. The van der Waals surface area contributed by atoms with Gasteiger partial charge in [-0.15, -0.1) is 0 Å². The average molecular weight is 410 g/mol. The summed E-state index contributed by atoms with van der Waals surface area (Å²) >= 11 is 0. The van der Waals surface area contributed by atoms with Gasteiger partial charge in [-0.2, -0.15) is 0 Å². The minimum Gasteiger partial charge on any atom is -0.455 e. The molecule has 0 radical (unpaired) electrons. The average Bonchev–Trinajstić information content (AvgIpc) is 3.16. The van der Waals surface area contributed by atoms with Crippen molar-refractivity contribution in [2.75, 3.05) is 11.0 Å². The van der Waals surface area contributed by atoms with Crippen LogP contribution in [0.2, 0.25) is 0 Å². The number of sulfonamides is 1.